The Morgan fingerprint density at radius 3 is 2.56 bits per heavy atom. The van der Waals surface area contributed by atoms with Gasteiger partial charge in [0.15, 0.2) is 0 Å². The van der Waals surface area contributed by atoms with Crippen LogP contribution >= 0.6 is 0 Å². The highest BCUT2D eigenvalue weighted by atomic mass is 15.1. The molecule has 1 rings (SSSR count). The number of aromatic nitrogens is 1. The van der Waals surface area contributed by atoms with Gasteiger partial charge in [0.1, 0.15) is 0 Å². The predicted octanol–water partition coefficient (Wildman–Crippen LogP) is 1.68. The molecule has 1 aromatic rings. The van der Waals surface area contributed by atoms with Crippen LogP contribution in [-0.2, 0) is 13.6 Å². The normalized spacial score (nSPS) is 11.4. The van der Waals surface area contributed by atoms with Gasteiger partial charge >= 0.3 is 0 Å². The van der Waals surface area contributed by atoms with Gasteiger partial charge in [-0.2, -0.15) is 0 Å². The molecule has 0 fully saturated rings. The Hall–Kier alpha value is -0.800. The number of aryl methyl sites for hydroxylation is 1. The van der Waals surface area contributed by atoms with Crippen molar-refractivity contribution in [1.82, 2.24) is 14.8 Å². The molecule has 0 aromatic carbocycles. The Labute approximate surface area is 99.4 Å². The number of rotatable bonds is 6. The highest BCUT2D eigenvalue weighted by molar-refractivity contribution is 5.26. The van der Waals surface area contributed by atoms with E-state index in [0.717, 1.165) is 26.2 Å². The van der Waals surface area contributed by atoms with Crippen LogP contribution in [0.1, 0.15) is 23.9 Å². The summed E-state index contributed by atoms with van der Waals surface area (Å²) in [6.07, 6.45) is 0. The van der Waals surface area contributed by atoms with E-state index in [9.17, 15) is 0 Å². The number of hydrogen-bond acceptors (Lipinski definition) is 2. The molecule has 1 heterocycles. The highest BCUT2D eigenvalue weighted by Gasteiger charge is 2.04. The Balaban J connectivity index is 2.35. The number of hydrogen-bond donors (Lipinski definition) is 1. The lowest BCUT2D eigenvalue weighted by atomic mass is 10.2. The zero-order valence-corrected chi connectivity index (χ0v) is 11.3. The molecule has 0 radical (unpaired) electrons. The van der Waals surface area contributed by atoms with E-state index in [1.807, 2.05) is 0 Å². The van der Waals surface area contributed by atoms with E-state index in [2.05, 4.69) is 55.7 Å². The maximum absolute atomic E-state index is 3.49. The molecule has 92 valence electrons. The molecule has 1 N–H and O–H groups in total. The lowest BCUT2D eigenvalue weighted by Gasteiger charge is -2.13. The topological polar surface area (TPSA) is 20.2 Å². The lowest BCUT2D eigenvalue weighted by Crippen LogP contribution is -2.28. The van der Waals surface area contributed by atoms with Crippen molar-refractivity contribution in [3.05, 3.63) is 23.0 Å². The zero-order valence-electron chi connectivity index (χ0n) is 11.3. The van der Waals surface area contributed by atoms with E-state index >= 15 is 0 Å². The van der Waals surface area contributed by atoms with Crippen molar-refractivity contribution in [2.75, 3.05) is 26.7 Å². The van der Waals surface area contributed by atoms with E-state index in [4.69, 9.17) is 0 Å². The minimum Gasteiger partial charge on any atom is -0.352 e. The van der Waals surface area contributed by atoms with Crippen molar-refractivity contribution in [3.8, 4) is 0 Å². The second kappa shape index (κ2) is 6.06. The Morgan fingerprint density at radius 1 is 1.38 bits per heavy atom. The predicted molar refractivity (Wildman–Crippen MR) is 69.8 cm³/mol. The second-order valence-electron chi connectivity index (χ2n) is 4.53. The molecule has 0 saturated heterocycles. The summed E-state index contributed by atoms with van der Waals surface area (Å²) < 4.78 is 2.25. The molecular weight excluding hydrogens is 198 g/mol. The first-order valence-corrected chi connectivity index (χ1v) is 6.07. The molecule has 0 aliphatic rings. The van der Waals surface area contributed by atoms with Gasteiger partial charge in [0.05, 0.1) is 0 Å². The van der Waals surface area contributed by atoms with Gasteiger partial charge in [-0.05, 0) is 39.1 Å². The van der Waals surface area contributed by atoms with Gasteiger partial charge < -0.3 is 14.8 Å². The third-order valence-corrected chi connectivity index (χ3v) is 3.41. The van der Waals surface area contributed by atoms with E-state index < -0.39 is 0 Å². The summed E-state index contributed by atoms with van der Waals surface area (Å²) in [5, 5.41) is 3.49. The highest BCUT2D eigenvalue weighted by Crippen LogP contribution is 2.12. The second-order valence-corrected chi connectivity index (χ2v) is 4.53. The van der Waals surface area contributed by atoms with Gasteiger partial charge in [-0.25, -0.2) is 0 Å². The number of nitrogens with zero attached hydrogens (tertiary/aromatic N) is 2. The lowest BCUT2D eigenvalue weighted by molar-refractivity contribution is 0.349. The first-order valence-electron chi connectivity index (χ1n) is 6.07. The van der Waals surface area contributed by atoms with E-state index in [1.54, 1.807) is 0 Å². The number of nitrogens with one attached hydrogen (secondary N) is 1. The van der Waals surface area contributed by atoms with Gasteiger partial charge in [-0.1, -0.05) is 6.92 Å². The summed E-state index contributed by atoms with van der Waals surface area (Å²) in [5.74, 6) is 0. The molecule has 3 heteroatoms. The molecule has 0 aliphatic carbocycles. The van der Waals surface area contributed by atoms with Crippen molar-refractivity contribution in [1.29, 1.82) is 0 Å². The molecule has 0 unspecified atom stereocenters. The van der Waals surface area contributed by atoms with Gasteiger partial charge in [-0.3, -0.25) is 0 Å². The van der Waals surface area contributed by atoms with Gasteiger partial charge in [0, 0.05) is 38.1 Å². The largest absolute Gasteiger partial charge is 0.352 e. The summed E-state index contributed by atoms with van der Waals surface area (Å²) in [5.41, 5.74) is 4.12. The van der Waals surface area contributed by atoms with Crippen LogP contribution in [0.4, 0.5) is 0 Å². The molecule has 0 amide bonds. The summed E-state index contributed by atoms with van der Waals surface area (Å²) in [4.78, 5) is 2.32. The smallest absolute Gasteiger partial charge is 0.0223 e. The summed E-state index contributed by atoms with van der Waals surface area (Å²) in [7, 11) is 4.28. The third kappa shape index (κ3) is 3.35. The monoisotopic (exact) mass is 223 g/mol. The van der Waals surface area contributed by atoms with Crippen LogP contribution in [0.15, 0.2) is 6.07 Å². The Morgan fingerprint density at radius 2 is 2.06 bits per heavy atom. The standard InChI is InChI=1S/C13H25N3/c1-6-15(4)8-7-14-10-13-9-11(2)16(5)12(13)3/h9,14H,6-8,10H2,1-5H3. The molecule has 0 atom stereocenters. The van der Waals surface area contributed by atoms with Crippen molar-refractivity contribution in [2.45, 2.75) is 27.3 Å². The Bertz CT molecular complexity index is 328. The molecule has 16 heavy (non-hydrogen) atoms. The Kier molecular flexibility index (Phi) is 5.03. The fraction of sp³-hybridized carbons (Fsp3) is 0.692. The van der Waals surface area contributed by atoms with Crippen LogP contribution in [-0.4, -0.2) is 36.1 Å². The van der Waals surface area contributed by atoms with Crippen LogP contribution in [0.5, 0.6) is 0 Å². The summed E-state index contributed by atoms with van der Waals surface area (Å²) in [6.45, 7) is 10.8. The minimum atomic E-state index is 0.977. The molecule has 0 aliphatic heterocycles. The SMILES string of the molecule is CCN(C)CCNCc1cc(C)n(C)c1C. The molecule has 1 aromatic heterocycles. The fourth-order valence-electron chi connectivity index (χ4n) is 1.76. The van der Waals surface area contributed by atoms with E-state index in [-0.39, 0.29) is 0 Å². The quantitative estimate of drug-likeness (QED) is 0.741. The van der Waals surface area contributed by atoms with Crippen LogP contribution in [0, 0.1) is 13.8 Å². The average Bonchev–Trinajstić information content (AvgIpc) is 2.52. The van der Waals surface area contributed by atoms with E-state index in [1.165, 1.54) is 17.0 Å². The van der Waals surface area contributed by atoms with Crippen molar-refractivity contribution in [3.63, 3.8) is 0 Å². The van der Waals surface area contributed by atoms with Gasteiger partial charge in [-0.15, -0.1) is 0 Å². The van der Waals surface area contributed by atoms with Gasteiger partial charge in [0.25, 0.3) is 0 Å². The summed E-state index contributed by atoms with van der Waals surface area (Å²) in [6, 6.07) is 2.27. The van der Waals surface area contributed by atoms with Crippen LogP contribution < -0.4 is 5.32 Å². The van der Waals surface area contributed by atoms with Crippen molar-refractivity contribution in [2.24, 2.45) is 7.05 Å². The molecule has 0 spiro atoms. The fourth-order valence-corrected chi connectivity index (χ4v) is 1.76. The van der Waals surface area contributed by atoms with Gasteiger partial charge in [0.2, 0.25) is 0 Å². The molecule has 0 bridgehead atoms. The maximum Gasteiger partial charge on any atom is 0.0223 e. The minimum absolute atomic E-state index is 0.977. The molecule has 0 saturated carbocycles. The van der Waals surface area contributed by atoms with Crippen molar-refractivity contribution < 1.29 is 0 Å². The first-order chi connectivity index (χ1) is 7.56. The van der Waals surface area contributed by atoms with Crippen LogP contribution in [0.3, 0.4) is 0 Å². The van der Waals surface area contributed by atoms with E-state index in [0.29, 0.717) is 0 Å². The third-order valence-electron chi connectivity index (χ3n) is 3.41. The first kappa shape index (κ1) is 13.3. The number of likely N-dealkylation sites (N-methyl/N-ethyl adjacent to an activating group) is 1. The summed E-state index contributed by atoms with van der Waals surface area (Å²) >= 11 is 0. The van der Waals surface area contributed by atoms with Crippen LogP contribution in [0.2, 0.25) is 0 Å². The van der Waals surface area contributed by atoms with Crippen molar-refractivity contribution >= 4 is 0 Å². The molecular formula is C13H25N3. The van der Waals surface area contributed by atoms with Crippen LogP contribution in [0.25, 0.3) is 0 Å². The average molecular weight is 223 g/mol. The maximum atomic E-state index is 3.49. The molecule has 3 nitrogen and oxygen atoms in total. The zero-order chi connectivity index (χ0) is 12.1.